The van der Waals surface area contributed by atoms with E-state index in [1.165, 1.54) is 11.9 Å². The van der Waals surface area contributed by atoms with Gasteiger partial charge in [-0.3, -0.25) is 9.59 Å². The van der Waals surface area contributed by atoms with E-state index >= 15 is 0 Å². The van der Waals surface area contributed by atoms with Gasteiger partial charge in [-0.05, 0) is 68.6 Å². The monoisotopic (exact) mass is 465 g/mol. The Hall–Kier alpha value is -3.16. The number of fused-ring (bicyclic) bond motifs is 1. The Morgan fingerprint density at radius 2 is 1.94 bits per heavy atom. The van der Waals surface area contributed by atoms with Crippen molar-refractivity contribution in [3.63, 3.8) is 0 Å². The number of nitrogens with one attached hydrogen (secondary N) is 1. The normalized spacial score (nSPS) is 21.2. The number of carbonyl (C=O) groups is 2. The average Bonchev–Trinajstić information content (AvgIpc) is 2.99. The minimum Gasteiger partial charge on any atom is -0.475 e. The Morgan fingerprint density at radius 3 is 2.65 bits per heavy atom. The molecule has 1 aliphatic carbocycles. The first-order chi connectivity index (χ1) is 16.5. The number of nitrogens with zero attached hydrogens (tertiary/aromatic N) is 3. The third kappa shape index (κ3) is 5.48. The van der Waals surface area contributed by atoms with Gasteiger partial charge in [0.2, 0.25) is 11.8 Å². The quantitative estimate of drug-likeness (QED) is 0.638. The van der Waals surface area contributed by atoms with E-state index in [4.69, 9.17) is 10.5 Å². The molecule has 0 bridgehead atoms. The molecule has 1 aromatic heterocycles. The fourth-order valence-corrected chi connectivity index (χ4v) is 5.14. The molecule has 1 atom stereocenters. The van der Waals surface area contributed by atoms with Gasteiger partial charge in [0.05, 0.1) is 6.54 Å². The second-order valence-electron chi connectivity index (χ2n) is 9.51. The molecule has 1 aromatic carbocycles. The van der Waals surface area contributed by atoms with Crippen LogP contribution in [0, 0.1) is 5.92 Å². The van der Waals surface area contributed by atoms with Crippen LogP contribution in [0.4, 0.5) is 11.5 Å². The van der Waals surface area contributed by atoms with Gasteiger partial charge in [0.25, 0.3) is 5.91 Å². The summed E-state index contributed by atoms with van der Waals surface area (Å²) >= 11 is 0. The standard InChI is InChI=1S/C26H35N5O3/c1-3-4-17(2)30-22(32)15-18-5-7-19(8-6-18)20-9-11-21(12-10-20)31-13-14-34-25-23(26(31)33)24(27)28-16-29-25/h9-12,16-19H,3-8,13-15H2,1-2H3,(H,30,32)(H2,27,28,29)/t17-,18-,19-/m0/s1. The van der Waals surface area contributed by atoms with E-state index in [0.717, 1.165) is 44.2 Å². The molecule has 8 heteroatoms. The van der Waals surface area contributed by atoms with E-state index in [2.05, 4.69) is 41.3 Å². The minimum atomic E-state index is -0.245. The van der Waals surface area contributed by atoms with E-state index in [-0.39, 0.29) is 35.1 Å². The number of nitrogens with two attached hydrogens (primary N) is 1. The van der Waals surface area contributed by atoms with E-state index in [9.17, 15) is 9.59 Å². The zero-order valence-corrected chi connectivity index (χ0v) is 20.1. The molecule has 2 aromatic rings. The predicted molar refractivity (Wildman–Crippen MR) is 132 cm³/mol. The summed E-state index contributed by atoms with van der Waals surface area (Å²) in [6.45, 7) is 4.97. The number of benzene rings is 1. The van der Waals surface area contributed by atoms with Crippen LogP contribution < -0.4 is 20.7 Å². The van der Waals surface area contributed by atoms with Crippen LogP contribution >= 0.6 is 0 Å². The van der Waals surface area contributed by atoms with E-state index in [1.807, 2.05) is 12.1 Å². The maximum atomic E-state index is 13.1. The van der Waals surface area contributed by atoms with Crippen LogP contribution in [0.5, 0.6) is 5.88 Å². The summed E-state index contributed by atoms with van der Waals surface area (Å²) in [5.41, 5.74) is 8.24. The van der Waals surface area contributed by atoms with E-state index in [0.29, 0.717) is 31.4 Å². The highest BCUT2D eigenvalue weighted by Gasteiger charge is 2.29. The molecule has 2 amide bonds. The molecule has 1 saturated carbocycles. The van der Waals surface area contributed by atoms with Crippen LogP contribution in [0.3, 0.4) is 0 Å². The van der Waals surface area contributed by atoms with Crippen molar-refractivity contribution in [1.82, 2.24) is 15.3 Å². The van der Waals surface area contributed by atoms with Crippen LogP contribution in [-0.4, -0.2) is 41.0 Å². The van der Waals surface area contributed by atoms with Gasteiger partial charge in [-0.2, -0.15) is 0 Å². The molecule has 0 spiro atoms. The topological polar surface area (TPSA) is 110 Å². The van der Waals surface area contributed by atoms with Crippen LogP contribution in [0.1, 0.15) is 80.6 Å². The van der Waals surface area contributed by atoms with Crippen LogP contribution in [-0.2, 0) is 4.79 Å². The fourth-order valence-electron chi connectivity index (χ4n) is 5.14. The van der Waals surface area contributed by atoms with Crippen LogP contribution in [0.25, 0.3) is 0 Å². The lowest BCUT2D eigenvalue weighted by Crippen LogP contribution is -2.34. The predicted octanol–water partition coefficient (Wildman–Crippen LogP) is 4.07. The molecule has 0 radical (unpaired) electrons. The number of aromatic nitrogens is 2. The zero-order chi connectivity index (χ0) is 24.1. The summed E-state index contributed by atoms with van der Waals surface area (Å²) in [7, 11) is 0. The SMILES string of the molecule is CCC[C@H](C)NC(=O)C[C@H]1CC[C@H](c2ccc(N3CCOc4ncnc(N)c4C3=O)cc2)CC1. The third-order valence-corrected chi connectivity index (χ3v) is 6.98. The van der Waals surface area contributed by atoms with Gasteiger partial charge >= 0.3 is 0 Å². The minimum absolute atomic E-state index is 0.129. The summed E-state index contributed by atoms with van der Waals surface area (Å²) in [6.07, 6.45) is 8.35. The van der Waals surface area contributed by atoms with Crippen LogP contribution in [0.15, 0.2) is 30.6 Å². The molecule has 0 saturated heterocycles. The first-order valence-electron chi connectivity index (χ1n) is 12.4. The van der Waals surface area contributed by atoms with Crippen molar-refractivity contribution in [3.8, 4) is 5.88 Å². The van der Waals surface area contributed by atoms with Crippen molar-refractivity contribution in [2.75, 3.05) is 23.8 Å². The molecule has 3 N–H and O–H groups in total. The number of carbonyl (C=O) groups excluding carboxylic acids is 2. The molecular weight excluding hydrogens is 430 g/mol. The largest absolute Gasteiger partial charge is 0.475 e. The average molecular weight is 466 g/mol. The summed E-state index contributed by atoms with van der Waals surface area (Å²) in [5.74, 6) is 1.26. The Balaban J connectivity index is 1.34. The van der Waals surface area contributed by atoms with Crippen molar-refractivity contribution in [2.24, 2.45) is 5.92 Å². The first kappa shape index (κ1) is 24.0. The molecule has 1 fully saturated rings. The summed E-state index contributed by atoms with van der Waals surface area (Å²) in [6, 6.07) is 8.47. The molecule has 34 heavy (non-hydrogen) atoms. The van der Waals surface area contributed by atoms with Gasteiger partial charge in [0.15, 0.2) is 0 Å². The second-order valence-corrected chi connectivity index (χ2v) is 9.51. The van der Waals surface area contributed by atoms with Crippen molar-refractivity contribution in [1.29, 1.82) is 0 Å². The van der Waals surface area contributed by atoms with Gasteiger partial charge in [-0.25, -0.2) is 9.97 Å². The third-order valence-electron chi connectivity index (χ3n) is 6.98. The van der Waals surface area contributed by atoms with Crippen LogP contribution in [0.2, 0.25) is 0 Å². The maximum Gasteiger partial charge on any atom is 0.267 e. The molecule has 1 aliphatic heterocycles. The number of amides is 2. The van der Waals surface area contributed by atoms with Gasteiger partial charge in [-0.1, -0.05) is 25.5 Å². The highest BCUT2D eigenvalue weighted by Crippen LogP contribution is 2.38. The molecule has 0 unspecified atom stereocenters. The zero-order valence-electron chi connectivity index (χ0n) is 20.1. The van der Waals surface area contributed by atoms with Gasteiger partial charge < -0.3 is 20.7 Å². The highest BCUT2D eigenvalue weighted by molar-refractivity contribution is 6.10. The molecule has 4 rings (SSSR count). The number of hydrogen-bond donors (Lipinski definition) is 2. The number of anilines is 2. The molecule has 2 heterocycles. The first-order valence-corrected chi connectivity index (χ1v) is 12.4. The Bertz CT molecular complexity index is 1000. The lowest BCUT2D eigenvalue weighted by molar-refractivity contribution is -0.122. The summed E-state index contributed by atoms with van der Waals surface area (Å²) in [4.78, 5) is 35.1. The van der Waals surface area contributed by atoms with E-state index < -0.39 is 0 Å². The van der Waals surface area contributed by atoms with Crippen molar-refractivity contribution in [2.45, 2.75) is 70.8 Å². The number of hydrogen-bond acceptors (Lipinski definition) is 6. The van der Waals surface area contributed by atoms with Gasteiger partial charge in [0, 0.05) is 18.2 Å². The Labute approximate surface area is 201 Å². The van der Waals surface area contributed by atoms with E-state index in [1.54, 1.807) is 4.90 Å². The number of rotatable bonds is 7. The lowest BCUT2D eigenvalue weighted by Gasteiger charge is -2.29. The van der Waals surface area contributed by atoms with Crippen molar-refractivity contribution < 1.29 is 14.3 Å². The lowest BCUT2D eigenvalue weighted by atomic mass is 9.77. The molecule has 8 nitrogen and oxygen atoms in total. The van der Waals surface area contributed by atoms with Crippen molar-refractivity contribution >= 4 is 23.3 Å². The van der Waals surface area contributed by atoms with Crippen molar-refractivity contribution in [3.05, 3.63) is 41.7 Å². The Kier molecular flexibility index (Phi) is 7.65. The number of ether oxygens (including phenoxy) is 1. The summed E-state index contributed by atoms with van der Waals surface area (Å²) < 4.78 is 5.62. The molecule has 2 aliphatic rings. The highest BCUT2D eigenvalue weighted by atomic mass is 16.5. The molecular formula is C26H35N5O3. The second kappa shape index (κ2) is 10.8. The Morgan fingerprint density at radius 1 is 1.21 bits per heavy atom. The van der Waals surface area contributed by atoms with Gasteiger partial charge in [0.1, 0.15) is 24.3 Å². The molecule has 182 valence electrons. The number of nitrogen functional groups attached to an aromatic ring is 1. The summed E-state index contributed by atoms with van der Waals surface area (Å²) in [5, 5.41) is 3.13. The van der Waals surface area contributed by atoms with Gasteiger partial charge in [-0.15, -0.1) is 0 Å². The fraction of sp³-hybridized carbons (Fsp3) is 0.538. The smallest absolute Gasteiger partial charge is 0.267 e. The maximum absolute atomic E-state index is 13.1.